The van der Waals surface area contributed by atoms with E-state index >= 15 is 0 Å². The second-order valence-electron chi connectivity index (χ2n) is 4.75. The SMILES string of the molecule is CC(C)(C)NC(=O)Nc1cc([N+](=O)[O-])ccc1Cl. The maximum Gasteiger partial charge on any atom is 0.319 e. The molecule has 0 aromatic heterocycles. The van der Waals surface area contributed by atoms with Crippen LogP contribution >= 0.6 is 11.6 Å². The molecular weight excluding hydrogens is 258 g/mol. The third kappa shape index (κ3) is 4.21. The van der Waals surface area contributed by atoms with Crippen molar-refractivity contribution in [2.75, 3.05) is 5.32 Å². The molecule has 1 aromatic rings. The number of nitrogens with one attached hydrogen (secondary N) is 2. The molecule has 18 heavy (non-hydrogen) atoms. The zero-order valence-electron chi connectivity index (χ0n) is 10.3. The highest BCUT2D eigenvalue weighted by Crippen LogP contribution is 2.26. The van der Waals surface area contributed by atoms with Gasteiger partial charge in [0.2, 0.25) is 0 Å². The summed E-state index contributed by atoms with van der Waals surface area (Å²) in [5.41, 5.74) is -0.338. The van der Waals surface area contributed by atoms with Crippen molar-refractivity contribution in [2.24, 2.45) is 0 Å². The number of amides is 2. The molecule has 0 unspecified atom stereocenters. The van der Waals surface area contributed by atoms with Gasteiger partial charge < -0.3 is 10.6 Å². The minimum atomic E-state index is -0.552. The standard InChI is InChI=1S/C11H14ClN3O3/c1-11(2,3)14-10(16)13-9-6-7(15(17)18)4-5-8(9)12/h4-6H,1-3H3,(H2,13,14,16). The van der Waals surface area contributed by atoms with Gasteiger partial charge in [0.15, 0.2) is 0 Å². The van der Waals surface area contributed by atoms with Gasteiger partial charge in [-0.05, 0) is 26.8 Å². The van der Waals surface area contributed by atoms with Gasteiger partial charge in [0.1, 0.15) is 0 Å². The third-order valence-corrected chi connectivity index (χ3v) is 2.23. The monoisotopic (exact) mass is 271 g/mol. The number of benzene rings is 1. The Kier molecular flexibility index (Phi) is 4.13. The number of hydrogen-bond acceptors (Lipinski definition) is 3. The topological polar surface area (TPSA) is 84.3 Å². The summed E-state index contributed by atoms with van der Waals surface area (Å²) in [4.78, 5) is 21.7. The average molecular weight is 272 g/mol. The highest BCUT2D eigenvalue weighted by atomic mass is 35.5. The normalized spacial score (nSPS) is 10.9. The zero-order chi connectivity index (χ0) is 13.9. The molecule has 0 aliphatic rings. The molecule has 2 amide bonds. The summed E-state index contributed by atoms with van der Waals surface area (Å²) in [6, 6.07) is 3.39. The minimum absolute atomic E-state index is 0.134. The molecule has 0 heterocycles. The smallest absolute Gasteiger partial charge is 0.319 e. The highest BCUT2D eigenvalue weighted by molar-refractivity contribution is 6.33. The first-order valence-corrected chi connectivity index (χ1v) is 5.60. The quantitative estimate of drug-likeness (QED) is 0.640. The maximum atomic E-state index is 11.6. The Bertz CT molecular complexity index is 483. The van der Waals surface area contributed by atoms with Gasteiger partial charge in [-0.1, -0.05) is 11.6 Å². The van der Waals surface area contributed by atoms with Crippen molar-refractivity contribution in [3.05, 3.63) is 33.3 Å². The van der Waals surface area contributed by atoms with E-state index < -0.39 is 16.5 Å². The number of hydrogen-bond donors (Lipinski definition) is 2. The van der Waals surface area contributed by atoms with Gasteiger partial charge >= 0.3 is 6.03 Å². The second kappa shape index (κ2) is 5.22. The molecule has 0 saturated heterocycles. The molecule has 1 rings (SSSR count). The summed E-state index contributed by atoms with van der Waals surface area (Å²) in [5, 5.41) is 16.0. The van der Waals surface area contributed by atoms with Crippen LogP contribution in [0.3, 0.4) is 0 Å². The van der Waals surface area contributed by atoms with Crippen LogP contribution in [0.2, 0.25) is 5.02 Å². The fourth-order valence-corrected chi connectivity index (χ4v) is 1.38. The summed E-state index contributed by atoms with van der Waals surface area (Å²) in [6.07, 6.45) is 0. The third-order valence-electron chi connectivity index (χ3n) is 1.90. The molecule has 0 atom stereocenters. The molecule has 6 nitrogen and oxygen atoms in total. The molecular formula is C11H14ClN3O3. The number of nitro groups is 1. The predicted octanol–water partition coefficient (Wildman–Crippen LogP) is 3.17. The van der Waals surface area contributed by atoms with Crippen molar-refractivity contribution in [1.82, 2.24) is 5.32 Å². The lowest BCUT2D eigenvalue weighted by Crippen LogP contribution is -2.43. The van der Waals surface area contributed by atoms with E-state index in [-0.39, 0.29) is 16.4 Å². The number of halogens is 1. The molecule has 0 aliphatic heterocycles. The fraction of sp³-hybridized carbons (Fsp3) is 0.364. The minimum Gasteiger partial charge on any atom is -0.333 e. The number of non-ortho nitro benzene ring substituents is 1. The fourth-order valence-electron chi connectivity index (χ4n) is 1.22. The largest absolute Gasteiger partial charge is 0.333 e. The Balaban J connectivity index is 2.87. The molecule has 1 aromatic carbocycles. The molecule has 0 radical (unpaired) electrons. The number of carbonyl (C=O) groups excluding carboxylic acids is 1. The van der Waals surface area contributed by atoms with Crippen molar-refractivity contribution < 1.29 is 9.72 Å². The van der Waals surface area contributed by atoms with Gasteiger partial charge in [-0.2, -0.15) is 0 Å². The van der Waals surface area contributed by atoms with Crippen molar-refractivity contribution in [2.45, 2.75) is 26.3 Å². The van der Waals surface area contributed by atoms with Crippen LogP contribution in [0.4, 0.5) is 16.2 Å². The van der Waals surface area contributed by atoms with E-state index in [1.54, 1.807) is 0 Å². The Hall–Kier alpha value is -1.82. The number of nitrogens with zero attached hydrogens (tertiary/aromatic N) is 1. The lowest BCUT2D eigenvalue weighted by atomic mass is 10.1. The van der Waals surface area contributed by atoms with E-state index in [1.165, 1.54) is 18.2 Å². The van der Waals surface area contributed by atoms with Gasteiger partial charge in [-0.15, -0.1) is 0 Å². The Morgan fingerprint density at radius 2 is 2.00 bits per heavy atom. The lowest BCUT2D eigenvalue weighted by molar-refractivity contribution is -0.384. The first-order valence-electron chi connectivity index (χ1n) is 5.22. The molecule has 7 heteroatoms. The zero-order valence-corrected chi connectivity index (χ0v) is 11.0. The van der Waals surface area contributed by atoms with Crippen molar-refractivity contribution in [3.8, 4) is 0 Å². The van der Waals surface area contributed by atoms with Gasteiger partial charge in [0.05, 0.1) is 15.6 Å². The number of carbonyl (C=O) groups is 1. The molecule has 0 aliphatic carbocycles. The molecule has 0 saturated carbocycles. The maximum absolute atomic E-state index is 11.6. The Morgan fingerprint density at radius 3 is 2.50 bits per heavy atom. The predicted molar refractivity (Wildman–Crippen MR) is 70.0 cm³/mol. The van der Waals surface area contributed by atoms with E-state index in [0.717, 1.165) is 0 Å². The summed E-state index contributed by atoms with van der Waals surface area (Å²) < 4.78 is 0. The van der Waals surface area contributed by atoms with Crippen molar-refractivity contribution >= 4 is 29.0 Å². The summed E-state index contributed by atoms with van der Waals surface area (Å²) in [6.45, 7) is 5.46. The summed E-state index contributed by atoms with van der Waals surface area (Å²) in [5.74, 6) is 0. The number of urea groups is 1. The van der Waals surface area contributed by atoms with E-state index in [1.807, 2.05) is 20.8 Å². The second-order valence-corrected chi connectivity index (χ2v) is 5.16. The number of nitro benzene ring substituents is 1. The summed E-state index contributed by atoms with van der Waals surface area (Å²) >= 11 is 5.85. The van der Waals surface area contributed by atoms with Gasteiger partial charge in [0.25, 0.3) is 5.69 Å². The van der Waals surface area contributed by atoms with E-state index in [4.69, 9.17) is 11.6 Å². The first-order chi connectivity index (χ1) is 8.19. The van der Waals surface area contributed by atoms with Gasteiger partial charge in [-0.25, -0.2) is 4.79 Å². The van der Waals surface area contributed by atoms with Crippen LogP contribution in [-0.4, -0.2) is 16.5 Å². The Labute approximate surface area is 109 Å². The van der Waals surface area contributed by atoms with Crippen molar-refractivity contribution in [1.29, 1.82) is 0 Å². The lowest BCUT2D eigenvalue weighted by Gasteiger charge is -2.20. The first kappa shape index (κ1) is 14.2. The number of anilines is 1. The van der Waals surface area contributed by atoms with Crippen LogP contribution in [0, 0.1) is 10.1 Å². The van der Waals surface area contributed by atoms with Crippen LogP contribution in [0.5, 0.6) is 0 Å². The molecule has 98 valence electrons. The number of rotatable bonds is 2. The Morgan fingerprint density at radius 1 is 1.39 bits per heavy atom. The van der Waals surface area contributed by atoms with Crippen LogP contribution in [0.15, 0.2) is 18.2 Å². The molecule has 0 spiro atoms. The molecule has 0 fully saturated rings. The van der Waals surface area contributed by atoms with E-state index in [0.29, 0.717) is 0 Å². The van der Waals surface area contributed by atoms with Crippen LogP contribution < -0.4 is 10.6 Å². The van der Waals surface area contributed by atoms with E-state index in [2.05, 4.69) is 10.6 Å². The van der Waals surface area contributed by atoms with E-state index in [9.17, 15) is 14.9 Å². The average Bonchev–Trinajstić information content (AvgIpc) is 2.18. The van der Waals surface area contributed by atoms with Crippen LogP contribution in [0.1, 0.15) is 20.8 Å². The van der Waals surface area contributed by atoms with Gasteiger partial charge in [-0.3, -0.25) is 10.1 Å². The van der Waals surface area contributed by atoms with Gasteiger partial charge in [0, 0.05) is 17.7 Å². The highest BCUT2D eigenvalue weighted by Gasteiger charge is 2.16. The summed E-state index contributed by atoms with van der Waals surface area (Å²) in [7, 11) is 0. The van der Waals surface area contributed by atoms with Crippen LogP contribution in [0.25, 0.3) is 0 Å². The van der Waals surface area contributed by atoms with Crippen LogP contribution in [-0.2, 0) is 0 Å². The van der Waals surface area contributed by atoms with Crippen molar-refractivity contribution in [3.63, 3.8) is 0 Å². The molecule has 0 bridgehead atoms. The molecule has 2 N–H and O–H groups in total.